The number of hydrogen-bond donors (Lipinski definition) is 1. The van der Waals surface area contributed by atoms with E-state index in [0.717, 1.165) is 6.07 Å². The molecule has 0 radical (unpaired) electrons. The second-order valence-corrected chi connectivity index (χ2v) is 10.7. The smallest absolute Gasteiger partial charge is 0.444 e. The van der Waals surface area contributed by atoms with Gasteiger partial charge in [-0.25, -0.2) is 13.6 Å². The minimum Gasteiger partial charge on any atom is -0.444 e. The van der Waals surface area contributed by atoms with Crippen LogP contribution in [0.1, 0.15) is 71.7 Å². The fourth-order valence-electron chi connectivity index (χ4n) is 3.77. The van der Waals surface area contributed by atoms with Gasteiger partial charge in [-0.2, -0.15) is 0 Å². The van der Waals surface area contributed by atoms with E-state index in [-0.39, 0.29) is 12.0 Å². The molecule has 33 heavy (non-hydrogen) atoms. The van der Waals surface area contributed by atoms with Gasteiger partial charge < -0.3 is 24.3 Å². The van der Waals surface area contributed by atoms with Crippen LogP contribution in [0.15, 0.2) is 12.1 Å². The molecule has 3 rings (SSSR count). The number of hydrogen-bond acceptors (Lipinski definition) is 5. The third-order valence-electron chi connectivity index (χ3n) is 6.26. The van der Waals surface area contributed by atoms with Crippen molar-refractivity contribution in [3.63, 3.8) is 0 Å². The van der Waals surface area contributed by atoms with Crippen LogP contribution in [-0.4, -0.2) is 60.0 Å². The fraction of sp³-hybridized carbons (Fsp3) is 0.652. The summed E-state index contributed by atoms with van der Waals surface area (Å²) in [6, 6.07) is 1.80. The van der Waals surface area contributed by atoms with Crippen molar-refractivity contribution in [2.24, 2.45) is 0 Å². The van der Waals surface area contributed by atoms with Crippen molar-refractivity contribution in [2.75, 3.05) is 13.1 Å². The first-order valence-electron chi connectivity index (χ1n) is 11.2. The zero-order valence-corrected chi connectivity index (χ0v) is 20.4. The number of likely N-dealkylation sites (tertiary alicyclic amines) is 1. The molecule has 2 aliphatic heterocycles. The fourth-order valence-corrected chi connectivity index (χ4v) is 3.77. The van der Waals surface area contributed by atoms with Gasteiger partial charge in [-0.05, 0) is 67.4 Å². The van der Waals surface area contributed by atoms with Crippen molar-refractivity contribution in [3.05, 3.63) is 29.3 Å². The normalized spacial score (nSPS) is 22.3. The summed E-state index contributed by atoms with van der Waals surface area (Å²) in [4.78, 5) is 26.7. The Kier molecular flexibility index (Phi) is 6.83. The Hall–Kier alpha value is -2.20. The molecule has 1 aromatic carbocycles. The minimum absolute atomic E-state index is 0.0424. The van der Waals surface area contributed by atoms with Gasteiger partial charge in [-0.15, -0.1) is 0 Å². The quantitative estimate of drug-likeness (QED) is 0.692. The number of amides is 2. The molecular formula is C23H33BF2N2O5. The summed E-state index contributed by atoms with van der Waals surface area (Å²) >= 11 is 0. The Balaban J connectivity index is 1.75. The van der Waals surface area contributed by atoms with Crippen molar-refractivity contribution >= 4 is 24.6 Å². The average Bonchev–Trinajstić information content (AvgIpc) is 2.87. The lowest BCUT2D eigenvalue weighted by atomic mass is 9.77. The van der Waals surface area contributed by atoms with Gasteiger partial charge in [0.05, 0.1) is 11.2 Å². The number of nitrogens with one attached hydrogen (secondary N) is 1. The first kappa shape index (κ1) is 25.4. The first-order valence-corrected chi connectivity index (χ1v) is 11.2. The Labute approximate surface area is 194 Å². The number of nitrogens with zero attached hydrogens (tertiary/aromatic N) is 1. The van der Waals surface area contributed by atoms with Crippen molar-refractivity contribution < 1.29 is 32.4 Å². The molecule has 182 valence electrons. The van der Waals surface area contributed by atoms with Crippen LogP contribution in [0.3, 0.4) is 0 Å². The SMILES string of the molecule is CC(C)(C)OC(=O)N1CCCC(NC(=O)c2c(F)ccc(B3OC(C)(C)C(C)(C)O3)c2F)C1. The van der Waals surface area contributed by atoms with E-state index >= 15 is 4.39 Å². The standard InChI is InChI=1S/C23H33BF2N2O5/c1-21(2,3)31-20(30)28-12-8-9-14(13-28)27-19(29)17-16(25)11-10-15(18(17)26)24-32-22(4,5)23(6,7)33-24/h10-11,14H,8-9,12-13H2,1-7H3,(H,27,29). The Morgan fingerprint density at radius 3 is 2.33 bits per heavy atom. The molecule has 1 aromatic rings. The number of piperidine rings is 1. The molecular weight excluding hydrogens is 433 g/mol. The number of benzene rings is 1. The van der Waals surface area contributed by atoms with Crippen LogP contribution in [0.5, 0.6) is 0 Å². The monoisotopic (exact) mass is 466 g/mol. The molecule has 2 aliphatic rings. The summed E-state index contributed by atoms with van der Waals surface area (Å²) in [7, 11) is -1.07. The number of ether oxygens (including phenoxy) is 1. The lowest BCUT2D eigenvalue weighted by Gasteiger charge is -2.34. The number of carbonyl (C=O) groups is 2. The van der Waals surface area contributed by atoms with Gasteiger partial charge in [-0.1, -0.05) is 6.07 Å². The molecule has 0 aliphatic carbocycles. The van der Waals surface area contributed by atoms with Crippen molar-refractivity contribution in [1.82, 2.24) is 10.2 Å². The van der Waals surface area contributed by atoms with Crippen LogP contribution < -0.4 is 10.8 Å². The highest BCUT2D eigenvalue weighted by Gasteiger charge is 2.52. The van der Waals surface area contributed by atoms with Crippen molar-refractivity contribution in [2.45, 2.75) is 84.2 Å². The molecule has 0 saturated carbocycles. The molecule has 2 heterocycles. The first-order chi connectivity index (χ1) is 15.1. The summed E-state index contributed by atoms with van der Waals surface area (Å²) in [5.41, 5.74) is -2.81. The number of halogens is 2. The Bertz CT molecular complexity index is 916. The second-order valence-electron chi connectivity index (χ2n) is 10.7. The molecule has 7 nitrogen and oxygen atoms in total. The highest BCUT2D eigenvalue weighted by molar-refractivity contribution is 6.62. The highest BCUT2D eigenvalue weighted by atomic mass is 19.1. The lowest BCUT2D eigenvalue weighted by Crippen LogP contribution is -2.51. The summed E-state index contributed by atoms with van der Waals surface area (Å²) in [6.45, 7) is 13.3. The Morgan fingerprint density at radius 2 is 1.76 bits per heavy atom. The van der Waals surface area contributed by atoms with E-state index in [1.165, 1.54) is 11.0 Å². The van der Waals surface area contributed by atoms with Crippen LogP contribution in [0.2, 0.25) is 0 Å². The van der Waals surface area contributed by atoms with E-state index in [2.05, 4.69) is 5.32 Å². The maximum Gasteiger partial charge on any atom is 0.497 e. The van der Waals surface area contributed by atoms with Crippen molar-refractivity contribution in [1.29, 1.82) is 0 Å². The molecule has 0 bridgehead atoms. The van der Waals surface area contributed by atoms with E-state index < -0.39 is 59.2 Å². The number of rotatable bonds is 3. The van der Waals surface area contributed by atoms with Crippen molar-refractivity contribution in [3.8, 4) is 0 Å². The van der Waals surface area contributed by atoms with E-state index in [4.69, 9.17) is 14.0 Å². The Morgan fingerprint density at radius 1 is 1.15 bits per heavy atom. The summed E-state index contributed by atoms with van der Waals surface area (Å²) in [5.74, 6) is -2.89. The van der Waals surface area contributed by atoms with Crippen LogP contribution in [0.25, 0.3) is 0 Å². The molecule has 2 fully saturated rings. The van der Waals surface area contributed by atoms with Gasteiger partial charge in [0.2, 0.25) is 0 Å². The van der Waals surface area contributed by atoms with Gasteiger partial charge in [0, 0.05) is 24.6 Å². The van der Waals surface area contributed by atoms with Gasteiger partial charge in [0.1, 0.15) is 22.8 Å². The summed E-state index contributed by atoms with van der Waals surface area (Å²) in [5, 5.41) is 2.66. The minimum atomic E-state index is -1.07. The second kappa shape index (κ2) is 8.87. The maximum absolute atomic E-state index is 15.3. The third-order valence-corrected chi connectivity index (χ3v) is 6.26. The van der Waals surface area contributed by atoms with Crippen LogP contribution >= 0.6 is 0 Å². The van der Waals surface area contributed by atoms with E-state index in [0.29, 0.717) is 19.4 Å². The van der Waals surface area contributed by atoms with E-state index in [9.17, 15) is 14.0 Å². The summed E-state index contributed by atoms with van der Waals surface area (Å²) < 4.78 is 47.0. The average molecular weight is 466 g/mol. The topological polar surface area (TPSA) is 77.1 Å². The van der Waals surface area contributed by atoms with E-state index in [1.807, 2.05) is 27.7 Å². The molecule has 1 unspecified atom stereocenters. The van der Waals surface area contributed by atoms with Gasteiger partial charge in [-0.3, -0.25) is 4.79 Å². The predicted molar refractivity (Wildman–Crippen MR) is 120 cm³/mol. The van der Waals surface area contributed by atoms with Crippen LogP contribution in [0, 0.1) is 11.6 Å². The molecule has 0 aromatic heterocycles. The van der Waals surface area contributed by atoms with Gasteiger partial charge >= 0.3 is 13.2 Å². The maximum atomic E-state index is 15.3. The zero-order chi connectivity index (χ0) is 24.8. The van der Waals surface area contributed by atoms with E-state index in [1.54, 1.807) is 20.8 Å². The largest absolute Gasteiger partial charge is 0.497 e. The molecule has 1 N–H and O–H groups in total. The van der Waals surface area contributed by atoms with Crippen LogP contribution in [-0.2, 0) is 14.0 Å². The molecule has 0 spiro atoms. The third kappa shape index (κ3) is 5.49. The van der Waals surface area contributed by atoms with Gasteiger partial charge in [0.15, 0.2) is 0 Å². The molecule has 1 atom stereocenters. The predicted octanol–water partition coefficient (Wildman–Crippen LogP) is 3.39. The molecule has 2 amide bonds. The molecule has 10 heteroatoms. The van der Waals surface area contributed by atoms with Crippen LogP contribution in [0.4, 0.5) is 13.6 Å². The lowest BCUT2D eigenvalue weighted by molar-refractivity contribution is 0.00578. The zero-order valence-electron chi connectivity index (χ0n) is 20.4. The summed E-state index contributed by atoms with van der Waals surface area (Å²) in [6.07, 6.45) is 0.718. The van der Waals surface area contributed by atoms with Gasteiger partial charge in [0.25, 0.3) is 5.91 Å². The molecule has 2 saturated heterocycles. The highest BCUT2D eigenvalue weighted by Crippen LogP contribution is 2.36. The number of carbonyl (C=O) groups excluding carboxylic acids is 2.